The maximum Gasteiger partial charge on any atom is 0.268 e. The molecule has 12 nitrogen and oxygen atoms in total. The van der Waals surface area contributed by atoms with E-state index in [0.717, 1.165) is 19.8 Å². The molecule has 2 aromatic rings. The van der Waals surface area contributed by atoms with Gasteiger partial charge in [0.1, 0.15) is 11.4 Å². The van der Waals surface area contributed by atoms with Crippen LogP contribution in [0.5, 0.6) is 0 Å². The molecule has 0 saturated carbocycles. The monoisotopic (exact) mass is 715 g/mol. The summed E-state index contributed by atoms with van der Waals surface area (Å²) in [5.41, 5.74) is 9.51. The van der Waals surface area contributed by atoms with Gasteiger partial charge < -0.3 is 19.8 Å². The van der Waals surface area contributed by atoms with Crippen LogP contribution in [0.25, 0.3) is 10.4 Å². The molecule has 2 unspecified atom stereocenters. The molecule has 15 heteroatoms. The van der Waals surface area contributed by atoms with Crippen LogP contribution < -0.4 is 10.6 Å². The highest BCUT2D eigenvalue weighted by Gasteiger charge is 2.26. The molecule has 0 aliphatic carbocycles. The number of nitrogens with one attached hydrogen (secondary N) is 2. The summed E-state index contributed by atoms with van der Waals surface area (Å²) < 4.78 is 32.3. The Morgan fingerprint density at radius 3 is 2.03 bits per heavy atom. The van der Waals surface area contributed by atoms with Gasteiger partial charge in [0.15, 0.2) is 0 Å². The molecule has 4 heterocycles. The van der Waals surface area contributed by atoms with Crippen molar-refractivity contribution < 1.29 is 22.2 Å². The van der Waals surface area contributed by atoms with E-state index in [1.807, 2.05) is 27.6 Å². The molecule has 2 amide bonds. The Bertz CT molecular complexity index is 1220. The summed E-state index contributed by atoms with van der Waals surface area (Å²) in [6.07, 6.45) is 6.14. The highest BCUT2D eigenvalue weighted by atomic mass is 127. The molecular weight excluding hydrogens is 692 g/mol. The molecule has 0 saturated heterocycles. The number of halogens is 2. The molecule has 4 rings (SSSR count). The Morgan fingerprint density at radius 2 is 1.56 bits per heavy atom. The minimum Gasteiger partial charge on any atom is -0.349 e. The van der Waals surface area contributed by atoms with Gasteiger partial charge in [-0.3, -0.25) is 13.8 Å². The first-order chi connectivity index (χ1) is 16.1. The van der Waals surface area contributed by atoms with Crippen molar-refractivity contribution in [2.24, 2.45) is 5.11 Å². The first-order valence-corrected chi connectivity index (χ1v) is 14.2. The lowest BCUT2D eigenvalue weighted by Crippen LogP contribution is -2.38. The van der Waals surface area contributed by atoms with E-state index in [-0.39, 0.29) is 30.5 Å². The largest absolute Gasteiger partial charge is 0.349 e. The van der Waals surface area contributed by atoms with Crippen LogP contribution >= 0.6 is 45.2 Å². The Labute approximate surface area is 223 Å². The minimum absolute atomic E-state index is 0.0305. The van der Waals surface area contributed by atoms with Crippen LogP contribution in [0.3, 0.4) is 0 Å². The van der Waals surface area contributed by atoms with Gasteiger partial charge in [-0.05, 0) is 75.7 Å². The third kappa shape index (κ3) is 7.10. The molecule has 0 bridgehead atoms. The van der Waals surface area contributed by atoms with E-state index in [0.29, 0.717) is 37.4 Å². The van der Waals surface area contributed by atoms with Gasteiger partial charge in [0.2, 0.25) is 0 Å². The first kappa shape index (κ1) is 26.8. The number of carbonyl (C=O) groups is 2. The fourth-order valence-electron chi connectivity index (χ4n) is 3.73. The van der Waals surface area contributed by atoms with Crippen molar-refractivity contribution in [2.75, 3.05) is 32.5 Å². The minimum atomic E-state index is -3.41. The van der Waals surface area contributed by atoms with Crippen molar-refractivity contribution in [3.8, 4) is 0 Å². The fourth-order valence-corrected chi connectivity index (χ4v) is 5.32. The van der Waals surface area contributed by atoms with Gasteiger partial charge in [0.05, 0.1) is 24.9 Å². The maximum atomic E-state index is 11.6. The van der Waals surface area contributed by atoms with E-state index in [1.165, 1.54) is 0 Å². The topological polar surface area (TPSA) is 160 Å². The zero-order valence-electron chi connectivity index (χ0n) is 18.1. The second-order valence-electron chi connectivity index (χ2n) is 7.69. The first-order valence-electron chi connectivity index (χ1n) is 10.3. The average molecular weight is 715 g/mol. The lowest BCUT2D eigenvalue weighted by atomic mass is 10.1. The van der Waals surface area contributed by atoms with Crippen LogP contribution in [-0.2, 0) is 14.3 Å². The molecule has 0 fully saturated rings. The molecule has 0 aromatic carbocycles. The normalized spacial score (nSPS) is 19.0. The summed E-state index contributed by atoms with van der Waals surface area (Å²) in [6, 6.07) is 3.87. The van der Waals surface area contributed by atoms with Crippen LogP contribution in [0.2, 0.25) is 0 Å². The molecule has 2 N–H and O–H groups in total. The Morgan fingerprint density at radius 1 is 1.06 bits per heavy atom. The molecule has 0 radical (unpaired) electrons. The van der Waals surface area contributed by atoms with Crippen molar-refractivity contribution in [3.63, 3.8) is 0 Å². The quantitative estimate of drug-likeness (QED) is 0.148. The van der Waals surface area contributed by atoms with E-state index in [2.05, 4.69) is 65.8 Å². The summed E-state index contributed by atoms with van der Waals surface area (Å²) in [5.74, 6) is -0.138. The van der Waals surface area contributed by atoms with Crippen molar-refractivity contribution in [3.05, 3.63) is 53.5 Å². The average Bonchev–Trinajstić information content (AvgIpc) is 3.35. The van der Waals surface area contributed by atoms with E-state index in [4.69, 9.17) is 9.71 Å². The summed E-state index contributed by atoms with van der Waals surface area (Å²) in [7, 11) is -3.41. The number of hydrogen-bond acceptors (Lipinski definition) is 6. The van der Waals surface area contributed by atoms with E-state index in [9.17, 15) is 18.0 Å². The summed E-state index contributed by atoms with van der Waals surface area (Å²) in [6.45, 7) is 1.65. The second-order valence-corrected chi connectivity index (χ2v) is 11.8. The number of rotatable bonds is 7. The number of hydrogen-bond donors (Lipinski definition) is 2. The molecule has 34 heavy (non-hydrogen) atoms. The highest BCUT2D eigenvalue weighted by molar-refractivity contribution is 14.1. The van der Waals surface area contributed by atoms with Crippen LogP contribution in [0.1, 0.15) is 45.9 Å². The number of nitrogens with zero attached hydrogens (tertiary/aromatic N) is 5. The number of fused-ring (bicyclic) bond motifs is 2. The third-order valence-electron chi connectivity index (χ3n) is 5.25. The van der Waals surface area contributed by atoms with Gasteiger partial charge in [-0.2, -0.15) is 8.42 Å². The van der Waals surface area contributed by atoms with Gasteiger partial charge in [0, 0.05) is 44.1 Å². The van der Waals surface area contributed by atoms with Crippen molar-refractivity contribution >= 4 is 67.1 Å². The number of amides is 2. The SMILES string of the molecule is CS(=O)(=O)OCCC1CNC(=O)c2cc(I)cn21.[N-]=[N+]=NCCC1CNC(=O)c2cc(I)cn21. The zero-order chi connectivity index (χ0) is 24.9. The molecule has 2 aliphatic heterocycles. The van der Waals surface area contributed by atoms with Crippen molar-refractivity contribution in [1.29, 1.82) is 0 Å². The molecule has 2 atom stereocenters. The molecular formula is C19H23I2N7O5S. The Kier molecular flexibility index (Phi) is 9.25. The lowest BCUT2D eigenvalue weighted by molar-refractivity contribution is 0.0903. The zero-order valence-corrected chi connectivity index (χ0v) is 23.3. The molecule has 2 aliphatic rings. The van der Waals surface area contributed by atoms with Crippen molar-refractivity contribution in [1.82, 2.24) is 19.8 Å². The van der Waals surface area contributed by atoms with Crippen LogP contribution in [0, 0.1) is 7.14 Å². The number of aromatic nitrogens is 2. The molecule has 184 valence electrons. The number of azide groups is 1. The second kappa shape index (κ2) is 11.7. The van der Waals surface area contributed by atoms with Crippen LogP contribution in [0.4, 0.5) is 0 Å². The van der Waals surface area contributed by atoms with Gasteiger partial charge in [-0.15, -0.1) is 0 Å². The highest BCUT2D eigenvalue weighted by Crippen LogP contribution is 2.23. The Balaban J connectivity index is 0.000000192. The van der Waals surface area contributed by atoms with Gasteiger partial charge >= 0.3 is 0 Å². The fraction of sp³-hybridized carbons (Fsp3) is 0.474. The Hall–Kier alpha value is -1.82. The van der Waals surface area contributed by atoms with Crippen LogP contribution in [0.15, 0.2) is 29.6 Å². The van der Waals surface area contributed by atoms with Crippen LogP contribution in [-0.4, -0.2) is 61.9 Å². The van der Waals surface area contributed by atoms with Gasteiger partial charge in [-0.25, -0.2) is 0 Å². The lowest BCUT2D eigenvalue weighted by Gasteiger charge is -2.26. The van der Waals surface area contributed by atoms with E-state index in [1.54, 1.807) is 6.07 Å². The predicted octanol–water partition coefficient (Wildman–Crippen LogP) is 2.82. The van der Waals surface area contributed by atoms with E-state index >= 15 is 0 Å². The predicted molar refractivity (Wildman–Crippen MR) is 141 cm³/mol. The van der Waals surface area contributed by atoms with E-state index < -0.39 is 10.1 Å². The van der Waals surface area contributed by atoms with Gasteiger partial charge in [-0.1, -0.05) is 5.11 Å². The number of carbonyl (C=O) groups excluding carboxylic acids is 2. The molecule has 0 spiro atoms. The third-order valence-corrected chi connectivity index (χ3v) is 7.03. The molecule has 2 aromatic heterocycles. The van der Waals surface area contributed by atoms with Crippen molar-refractivity contribution in [2.45, 2.75) is 24.9 Å². The maximum absolute atomic E-state index is 11.6. The summed E-state index contributed by atoms with van der Waals surface area (Å²) in [5, 5.41) is 9.13. The summed E-state index contributed by atoms with van der Waals surface area (Å²) >= 11 is 4.33. The smallest absolute Gasteiger partial charge is 0.268 e. The standard InChI is InChI=1S/C10H13IN2O4S.C9H10IN5O/c1-18(15,16)17-3-2-8-5-12-10(14)9-4-7(11)6-13(8)9;10-6-3-8-9(16)12-4-7(15(8)5-6)1-2-13-14-11/h4,6,8H,2-3,5H2,1H3,(H,12,14);3,5,7H,1-2,4H2,(H,12,16). The van der Waals surface area contributed by atoms with Gasteiger partial charge in [0.25, 0.3) is 21.9 Å². The summed E-state index contributed by atoms with van der Waals surface area (Å²) in [4.78, 5) is 25.9.